The van der Waals surface area contributed by atoms with Crippen LogP contribution in [0.3, 0.4) is 0 Å². The lowest BCUT2D eigenvalue weighted by Crippen LogP contribution is -2.54. The molecule has 2 aliphatic rings. The van der Waals surface area contributed by atoms with Crippen LogP contribution in [0.4, 0.5) is 0 Å². The van der Waals surface area contributed by atoms with Gasteiger partial charge in [0.05, 0.1) is 6.61 Å². The second kappa shape index (κ2) is 5.48. The summed E-state index contributed by atoms with van der Waals surface area (Å²) in [6, 6.07) is 0. The molecule has 0 aromatic carbocycles. The zero-order valence-corrected chi connectivity index (χ0v) is 10.5. The minimum Gasteiger partial charge on any atom is -0.394 e. The molecular weight excluding hydrogens is 200 g/mol. The summed E-state index contributed by atoms with van der Waals surface area (Å²) in [6.07, 6.45) is 6.15. The molecule has 0 unspecified atom stereocenters. The minimum absolute atomic E-state index is 0.110. The van der Waals surface area contributed by atoms with Gasteiger partial charge in [-0.3, -0.25) is 4.90 Å². The molecule has 0 radical (unpaired) electrons. The second-order valence-electron chi connectivity index (χ2n) is 5.66. The van der Waals surface area contributed by atoms with E-state index in [9.17, 15) is 5.11 Å². The predicted molar refractivity (Wildman–Crippen MR) is 66.5 cm³/mol. The highest BCUT2D eigenvalue weighted by molar-refractivity contribution is 4.94. The number of hydrogen-bond acceptors (Lipinski definition) is 3. The summed E-state index contributed by atoms with van der Waals surface area (Å²) in [5, 5.41) is 13.3. The van der Waals surface area contributed by atoms with Crippen molar-refractivity contribution in [1.29, 1.82) is 0 Å². The quantitative estimate of drug-likeness (QED) is 0.743. The van der Waals surface area contributed by atoms with Crippen LogP contribution in [0.1, 0.15) is 39.0 Å². The summed E-state index contributed by atoms with van der Waals surface area (Å²) >= 11 is 0. The molecule has 2 fully saturated rings. The van der Waals surface area contributed by atoms with Crippen LogP contribution < -0.4 is 5.32 Å². The Morgan fingerprint density at radius 1 is 1.25 bits per heavy atom. The van der Waals surface area contributed by atoms with Crippen LogP contribution in [0.5, 0.6) is 0 Å². The highest BCUT2D eigenvalue weighted by Gasteiger charge is 2.38. The molecule has 2 N–H and O–H groups in total. The van der Waals surface area contributed by atoms with Crippen molar-refractivity contribution in [3.8, 4) is 0 Å². The SMILES string of the molecule is CC1CCC(CO)(N2CCCNCC2)CC1. The van der Waals surface area contributed by atoms with Crippen molar-refractivity contribution in [3.63, 3.8) is 0 Å². The van der Waals surface area contributed by atoms with Crippen LogP contribution in [0.15, 0.2) is 0 Å². The van der Waals surface area contributed by atoms with Crippen molar-refractivity contribution < 1.29 is 5.11 Å². The van der Waals surface area contributed by atoms with Crippen LogP contribution in [0.25, 0.3) is 0 Å². The van der Waals surface area contributed by atoms with Crippen LogP contribution in [-0.4, -0.2) is 48.3 Å². The zero-order chi connectivity index (χ0) is 11.4. The van der Waals surface area contributed by atoms with Crippen LogP contribution in [0.2, 0.25) is 0 Å². The molecule has 94 valence electrons. The van der Waals surface area contributed by atoms with E-state index in [1.807, 2.05) is 0 Å². The molecule has 1 heterocycles. The first-order valence-corrected chi connectivity index (χ1v) is 6.83. The third-order valence-corrected chi connectivity index (χ3v) is 4.51. The standard InChI is InChI=1S/C13H26N2O/c1-12-3-5-13(11-16,6-4-12)15-9-2-7-14-8-10-15/h12,14,16H,2-11H2,1H3. The van der Waals surface area contributed by atoms with Gasteiger partial charge in [0, 0.05) is 25.2 Å². The molecule has 1 saturated heterocycles. The lowest BCUT2D eigenvalue weighted by Gasteiger charge is -2.46. The third kappa shape index (κ3) is 2.58. The second-order valence-corrected chi connectivity index (χ2v) is 5.66. The van der Waals surface area contributed by atoms with Gasteiger partial charge in [0.15, 0.2) is 0 Å². The fourth-order valence-electron chi connectivity index (χ4n) is 3.19. The van der Waals surface area contributed by atoms with Gasteiger partial charge in [-0.05, 0) is 44.6 Å². The Morgan fingerprint density at radius 3 is 2.69 bits per heavy atom. The van der Waals surface area contributed by atoms with Crippen LogP contribution in [0, 0.1) is 5.92 Å². The molecule has 0 aromatic heterocycles. The smallest absolute Gasteiger partial charge is 0.0615 e. The summed E-state index contributed by atoms with van der Waals surface area (Å²) < 4.78 is 0. The van der Waals surface area contributed by atoms with Crippen molar-refractivity contribution in [2.24, 2.45) is 5.92 Å². The van der Waals surface area contributed by atoms with Gasteiger partial charge >= 0.3 is 0 Å². The number of nitrogens with one attached hydrogen (secondary N) is 1. The normalized spacial score (nSPS) is 38.2. The van der Waals surface area contributed by atoms with E-state index < -0.39 is 0 Å². The first-order chi connectivity index (χ1) is 7.77. The molecule has 0 amide bonds. The summed E-state index contributed by atoms with van der Waals surface area (Å²) in [5.74, 6) is 0.852. The third-order valence-electron chi connectivity index (χ3n) is 4.51. The Hall–Kier alpha value is -0.120. The molecule has 0 spiro atoms. The predicted octanol–water partition coefficient (Wildman–Crippen LogP) is 1.22. The first-order valence-electron chi connectivity index (χ1n) is 6.83. The maximum Gasteiger partial charge on any atom is 0.0615 e. The lowest BCUT2D eigenvalue weighted by atomic mass is 9.76. The van der Waals surface area contributed by atoms with Gasteiger partial charge in [-0.15, -0.1) is 0 Å². The molecule has 1 aliphatic carbocycles. The van der Waals surface area contributed by atoms with Gasteiger partial charge < -0.3 is 10.4 Å². The number of nitrogens with zero attached hydrogens (tertiary/aromatic N) is 1. The topological polar surface area (TPSA) is 35.5 Å². The van der Waals surface area contributed by atoms with E-state index in [4.69, 9.17) is 0 Å². The van der Waals surface area contributed by atoms with Crippen molar-refractivity contribution in [1.82, 2.24) is 10.2 Å². The molecule has 1 aliphatic heterocycles. The van der Waals surface area contributed by atoms with Gasteiger partial charge in [-0.2, -0.15) is 0 Å². The number of hydrogen-bond donors (Lipinski definition) is 2. The molecule has 2 rings (SSSR count). The molecule has 0 atom stereocenters. The van der Waals surface area contributed by atoms with Gasteiger partial charge in [-0.1, -0.05) is 6.92 Å². The monoisotopic (exact) mass is 226 g/mol. The Labute approximate surface area is 99.2 Å². The maximum absolute atomic E-state index is 9.81. The number of aliphatic hydroxyl groups is 1. The van der Waals surface area contributed by atoms with E-state index in [1.165, 1.54) is 32.1 Å². The van der Waals surface area contributed by atoms with E-state index in [-0.39, 0.29) is 5.54 Å². The largest absolute Gasteiger partial charge is 0.394 e. The van der Waals surface area contributed by atoms with Crippen LogP contribution >= 0.6 is 0 Å². The van der Waals surface area contributed by atoms with Crippen LogP contribution in [-0.2, 0) is 0 Å². The van der Waals surface area contributed by atoms with Crippen molar-refractivity contribution in [3.05, 3.63) is 0 Å². The van der Waals surface area contributed by atoms with Crippen molar-refractivity contribution in [2.45, 2.75) is 44.6 Å². The lowest BCUT2D eigenvalue weighted by molar-refractivity contribution is -0.00429. The Morgan fingerprint density at radius 2 is 2.00 bits per heavy atom. The molecule has 3 nitrogen and oxygen atoms in total. The fraction of sp³-hybridized carbons (Fsp3) is 1.00. The first kappa shape index (κ1) is 12.3. The molecule has 0 bridgehead atoms. The van der Waals surface area contributed by atoms with E-state index in [1.54, 1.807) is 0 Å². The maximum atomic E-state index is 9.81. The van der Waals surface area contributed by atoms with Gasteiger partial charge in [0.1, 0.15) is 0 Å². The van der Waals surface area contributed by atoms with Crippen molar-refractivity contribution >= 4 is 0 Å². The molecular formula is C13H26N2O. The zero-order valence-electron chi connectivity index (χ0n) is 10.5. The van der Waals surface area contributed by atoms with E-state index >= 15 is 0 Å². The summed E-state index contributed by atoms with van der Waals surface area (Å²) in [5.41, 5.74) is 0.110. The molecule has 1 saturated carbocycles. The Kier molecular flexibility index (Phi) is 4.22. The summed E-state index contributed by atoms with van der Waals surface area (Å²) in [6.45, 7) is 7.16. The van der Waals surface area contributed by atoms with Gasteiger partial charge in [0.25, 0.3) is 0 Å². The molecule has 16 heavy (non-hydrogen) atoms. The Balaban J connectivity index is 2.01. The van der Waals surface area contributed by atoms with E-state index in [0.717, 1.165) is 32.1 Å². The minimum atomic E-state index is 0.110. The number of aliphatic hydroxyl groups excluding tert-OH is 1. The summed E-state index contributed by atoms with van der Waals surface area (Å²) in [4.78, 5) is 2.55. The van der Waals surface area contributed by atoms with Gasteiger partial charge in [0.2, 0.25) is 0 Å². The van der Waals surface area contributed by atoms with Crippen molar-refractivity contribution in [2.75, 3.05) is 32.8 Å². The highest BCUT2D eigenvalue weighted by atomic mass is 16.3. The average Bonchev–Trinajstić information content (AvgIpc) is 2.60. The van der Waals surface area contributed by atoms with E-state index in [0.29, 0.717) is 6.61 Å². The summed E-state index contributed by atoms with van der Waals surface area (Å²) in [7, 11) is 0. The molecule has 0 aromatic rings. The van der Waals surface area contributed by atoms with Gasteiger partial charge in [-0.25, -0.2) is 0 Å². The number of rotatable bonds is 2. The average molecular weight is 226 g/mol. The fourth-order valence-corrected chi connectivity index (χ4v) is 3.19. The molecule has 3 heteroatoms. The highest BCUT2D eigenvalue weighted by Crippen LogP contribution is 2.36. The Bertz CT molecular complexity index is 204. The van der Waals surface area contributed by atoms with E-state index in [2.05, 4.69) is 17.1 Å².